The van der Waals surface area contributed by atoms with Gasteiger partial charge in [-0.15, -0.1) is 0 Å². The quantitative estimate of drug-likeness (QED) is 0.423. The Morgan fingerprint density at radius 1 is 0.929 bits per heavy atom. The minimum absolute atomic E-state index is 0. The van der Waals surface area contributed by atoms with Crippen molar-refractivity contribution >= 4 is 8.70 Å². The zero-order valence-electron chi connectivity index (χ0n) is 16.6. The molecule has 1 aliphatic heterocycles. The van der Waals surface area contributed by atoms with Crippen LogP contribution in [0.15, 0.2) is 51.8 Å². The normalized spacial score (nSPS) is 15.9. The Balaban J connectivity index is 0.00000112. The maximum absolute atomic E-state index is 2.52. The van der Waals surface area contributed by atoms with Gasteiger partial charge in [0.05, 0.1) is 0 Å². The van der Waals surface area contributed by atoms with Crippen LogP contribution in [-0.4, -0.2) is 5.43 Å². The zero-order chi connectivity index (χ0) is 17.7. The van der Waals surface area contributed by atoms with Crippen molar-refractivity contribution in [1.29, 1.82) is 0 Å². The van der Waals surface area contributed by atoms with E-state index in [1.807, 2.05) is 6.55 Å². The molecule has 0 bridgehead atoms. The summed E-state index contributed by atoms with van der Waals surface area (Å²) in [5.41, 5.74) is 9.25. The molecule has 0 atom stereocenters. The van der Waals surface area contributed by atoms with Crippen molar-refractivity contribution in [2.75, 3.05) is 0 Å². The Hall–Kier alpha value is -0.400. The van der Waals surface area contributed by atoms with Crippen LogP contribution in [-0.2, 0) is 26.8 Å². The number of benzene rings is 2. The zero-order valence-corrected chi connectivity index (χ0v) is 21.6. The van der Waals surface area contributed by atoms with Gasteiger partial charge in [0.15, 0.2) is 0 Å². The van der Waals surface area contributed by atoms with Crippen LogP contribution in [0, 0.1) is 13.8 Å². The molecule has 28 heavy (non-hydrogen) atoms. The van der Waals surface area contributed by atoms with Crippen LogP contribution in [0.1, 0.15) is 41.5 Å². The second-order valence-electron chi connectivity index (χ2n) is 8.13. The second-order valence-corrected chi connectivity index (χ2v) is 23.2. The summed E-state index contributed by atoms with van der Waals surface area (Å²) in [5, 5.41) is 0. The van der Waals surface area contributed by atoms with E-state index < -0.39 is 20.4 Å². The molecular formula is C24H26Cl2SiZr. The van der Waals surface area contributed by atoms with Crippen LogP contribution in [0.4, 0.5) is 0 Å². The van der Waals surface area contributed by atoms with Crippen LogP contribution in [0.25, 0.3) is 11.1 Å². The Morgan fingerprint density at radius 2 is 1.68 bits per heavy atom. The molecule has 0 nitrogen and oxygen atoms in total. The Kier molecular flexibility index (Phi) is 7.30. The summed E-state index contributed by atoms with van der Waals surface area (Å²) in [6.45, 7) is 4.64. The van der Waals surface area contributed by atoms with Crippen molar-refractivity contribution in [1.82, 2.24) is 0 Å². The maximum atomic E-state index is 2.52. The molecule has 0 radical (unpaired) electrons. The maximum Gasteiger partial charge on any atom is -1.00 e. The average Bonchev–Trinajstić information content (AvgIpc) is 3.37. The van der Waals surface area contributed by atoms with Crippen molar-refractivity contribution < 1.29 is 45.2 Å². The molecule has 1 heterocycles. The minimum Gasteiger partial charge on any atom is -1.00 e. The molecule has 0 unspecified atom stereocenters. The molecule has 1 fully saturated rings. The van der Waals surface area contributed by atoms with Crippen LogP contribution < -0.4 is 28.1 Å². The van der Waals surface area contributed by atoms with Gasteiger partial charge in [-0.2, -0.15) is 0 Å². The average molecular weight is 505 g/mol. The fourth-order valence-electron chi connectivity index (χ4n) is 5.12. The third-order valence-corrected chi connectivity index (χ3v) is 26.7. The summed E-state index contributed by atoms with van der Waals surface area (Å²) in [5.74, 6) is 0. The van der Waals surface area contributed by atoms with Crippen LogP contribution in [0.5, 0.6) is 0 Å². The van der Waals surface area contributed by atoms with E-state index in [-0.39, 0.29) is 30.2 Å². The molecule has 1 saturated heterocycles. The molecular weight excluding hydrogens is 478 g/mol. The van der Waals surface area contributed by atoms with Crippen LogP contribution in [0.3, 0.4) is 0 Å². The predicted octanol–water partition coefficient (Wildman–Crippen LogP) is -0.245. The number of rotatable bonds is 2. The molecule has 0 N–H and O–H groups in total. The number of aryl methyl sites for hydroxylation is 2. The van der Waals surface area contributed by atoms with Crippen molar-refractivity contribution in [3.63, 3.8) is 0 Å². The first kappa shape index (κ1) is 22.3. The van der Waals surface area contributed by atoms with Gasteiger partial charge in [-0.1, -0.05) is 0 Å². The first-order chi connectivity index (χ1) is 12.7. The van der Waals surface area contributed by atoms with Gasteiger partial charge in [-0.25, -0.2) is 0 Å². The molecule has 2 aromatic rings. The summed E-state index contributed by atoms with van der Waals surface area (Å²) in [7, 11) is 0. The number of allylic oxidation sites excluding steroid dienone is 4. The van der Waals surface area contributed by atoms with Crippen molar-refractivity contribution in [2.24, 2.45) is 0 Å². The monoisotopic (exact) mass is 502 g/mol. The summed E-state index contributed by atoms with van der Waals surface area (Å²) in [6.07, 6.45) is 12.7. The second kappa shape index (κ2) is 9.17. The van der Waals surface area contributed by atoms with E-state index in [1.54, 1.807) is 34.3 Å². The van der Waals surface area contributed by atoms with Crippen molar-refractivity contribution in [3.8, 4) is 11.1 Å². The van der Waals surface area contributed by atoms with Gasteiger partial charge in [0.1, 0.15) is 0 Å². The number of hydrogen-bond acceptors (Lipinski definition) is 0. The molecule has 3 aliphatic rings. The molecule has 2 aromatic carbocycles. The molecule has 0 spiro atoms. The number of fused-ring (bicyclic) bond motifs is 3. The molecule has 0 saturated carbocycles. The SMILES string of the molecule is Cc1ccc2c(c1)Cc1c-2ccc(C)[c]1[Zr+2]([C]1=CC=CC1)=[Si]1CCCC1.[Cl-].[Cl-]. The fraction of sp³-hybridized carbons (Fsp3) is 0.333. The predicted molar refractivity (Wildman–Crippen MR) is 110 cm³/mol. The van der Waals surface area contributed by atoms with E-state index in [9.17, 15) is 0 Å². The summed E-state index contributed by atoms with van der Waals surface area (Å²) >= 11 is -1.75. The summed E-state index contributed by atoms with van der Waals surface area (Å²) in [4.78, 5) is 0. The van der Waals surface area contributed by atoms with Crippen LogP contribution in [0.2, 0.25) is 12.1 Å². The van der Waals surface area contributed by atoms with Crippen molar-refractivity contribution in [2.45, 2.75) is 51.6 Å². The third kappa shape index (κ3) is 3.83. The standard InChI is InChI=1S/C15H13.C5H5.C4H8Si.2ClH.Zr/c1-10-3-5-14-12(7-10)9-13-8-11(2)4-6-15(13)14;2*1-2-4-5-3-1;;;/h3-7H,9H2,1-2H3;1-3H,4H2;1-4H2;2*1H;/q;;;;;+2/p-2. The van der Waals surface area contributed by atoms with E-state index in [1.165, 1.54) is 36.8 Å². The van der Waals surface area contributed by atoms with Gasteiger partial charge in [0.25, 0.3) is 0 Å². The Labute approximate surface area is 189 Å². The first-order valence-corrected chi connectivity index (χ1v) is 18.1. The van der Waals surface area contributed by atoms with Gasteiger partial charge in [0.2, 0.25) is 0 Å². The molecule has 4 heteroatoms. The molecule has 0 amide bonds. The van der Waals surface area contributed by atoms with Gasteiger partial charge >= 0.3 is 166 Å². The van der Waals surface area contributed by atoms with Gasteiger partial charge in [-0.05, 0) is 0 Å². The van der Waals surface area contributed by atoms with Crippen molar-refractivity contribution in [3.05, 3.63) is 74.1 Å². The fourth-order valence-corrected chi connectivity index (χ4v) is 28.1. The topological polar surface area (TPSA) is 0 Å². The smallest absolute Gasteiger partial charge is 1.00 e. The molecule has 0 aromatic heterocycles. The third-order valence-electron chi connectivity index (χ3n) is 6.34. The Morgan fingerprint density at radius 3 is 2.39 bits per heavy atom. The van der Waals surface area contributed by atoms with E-state index in [0.29, 0.717) is 0 Å². The van der Waals surface area contributed by atoms with Gasteiger partial charge < -0.3 is 24.8 Å². The van der Waals surface area contributed by atoms with E-state index in [2.05, 4.69) is 62.4 Å². The van der Waals surface area contributed by atoms with Gasteiger partial charge in [0, 0.05) is 0 Å². The number of halogens is 2. The van der Waals surface area contributed by atoms with Crippen LogP contribution >= 0.6 is 0 Å². The molecule has 5 rings (SSSR count). The first-order valence-electron chi connectivity index (χ1n) is 10.0. The van der Waals surface area contributed by atoms with E-state index >= 15 is 0 Å². The summed E-state index contributed by atoms with van der Waals surface area (Å²) < 4.78 is 3.80. The summed E-state index contributed by atoms with van der Waals surface area (Å²) in [6, 6.07) is 15.1. The molecule has 144 valence electrons. The molecule has 2 aliphatic carbocycles. The number of hydrogen-bond donors (Lipinski definition) is 0. The minimum atomic E-state index is -1.75. The van der Waals surface area contributed by atoms with Gasteiger partial charge in [-0.3, -0.25) is 0 Å². The van der Waals surface area contributed by atoms with E-state index in [0.717, 1.165) is 0 Å². The largest absolute Gasteiger partial charge is 1.00 e. The van der Waals surface area contributed by atoms with E-state index in [4.69, 9.17) is 0 Å². The Bertz CT molecular complexity index is 1010.